The van der Waals surface area contributed by atoms with Gasteiger partial charge in [-0.15, -0.1) is 0 Å². The van der Waals surface area contributed by atoms with Crippen molar-refractivity contribution in [3.8, 4) is 5.75 Å². The molecule has 0 unspecified atom stereocenters. The summed E-state index contributed by atoms with van der Waals surface area (Å²) < 4.78 is 5.82. The van der Waals surface area contributed by atoms with Crippen molar-refractivity contribution in [1.29, 1.82) is 0 Å². The molecule has 1 N–H and O–H groups in total. The molecule has 0 aliphatic heterocycles. The molecule has 0 bridgehead atoms. The van der Waals surface area contributed by atoms with Gasteiger partial charge < -0.3 is 10.1 Å². The van der Waals surface area contributed by atoms with Gasteiger partial charge in [-0.3, -0.25) is 0 Å². The van der Waals surface area contributed by atoms with Crippen molar-refractivity contribution in [2.75, 3.05) is 0 Å². The molecule has 3 rings (SSSR count). The molecule has 0 saturated heterocycles. The van der Waals surface area contributed by atoms with Gasteiger partial charge in [-0.2, -0.15) is 0 Å². The Morgan fingerprint density at radius 2 is 1.48 bits per heavy atom. The minimum Gasteiger partial charge on any atom is -0.489 e. The van der Waals surface area contributed by atoms with E-state index in [-0.39, 0.29) is 0 Å². The standard InChI is InChI=1S/C22H22ClNO/c1-17(20-5-3-2-4-6-20)24-15-18-9-13-22(14-10-18)25-16-19-7-11-21(23)12-8-19/h2-14,17,24H,15-16H2,1H3/t17-/m0/s1. The highest BCUT2D eigenvalue weighted by Crippen LogP contribution is 2.17. The molecule has 0 aromatic heterocycles. The SMILES string of the molecule is C[C@H](NCc1ccc(OCc2ccc(Cl)cc2)cc1)c1ccccc1. The van der Waals surface area contributed by atoms with Crippen LogP contribution in [0.25, 0.3) is 0 Å². The molecule has 0 spiro atoms. The monoisotopic (exact) mass is 351 g/mol. The normalized spacial score (nSPS) is 11.9. The van der Waals surface area contributed by atoms with E-state index in [1.807, 2.05) is 42.5 Å². The molecule has 3 heteroatoms. The lowest BCUT2D eigenvalue weighted by Gasteiger charge is -2.14. The Kier molecular flexibility index (Phi) is 6.10. The molecular weight excluding hydrogens is 330 g/mol. The fraction of sp³-hybridized carbons (Fsp3) is 0.182. The molecule has 0 aliphatic carbocycles. The number of ether oxygens (including phenoxy) is 1. The second kappa shape index (κ2) is 8.70. The smallest absolute Gasteiger partial charge is 0.119 e. The van der Waals surface area contributed by atoms with Gasteiger partial charge in [0.05, 0.1) is 0 Å². The second-order valence-corrected chi connectivity index (χ2v) is 6.51. The first-order valence-corrected chi connectivity index (χ1v) is 8.83. The van der Waals surface area contributed by atoms with E-state index in [4.69, 9.17) is 16.3 Å². The van der Waals surface area contributed by atoms with Gasteiger partial charge in [0, 0.05) is 17.6 Å². The van der Waals surface area contributed by atoms with Gasteiger partial charge in [0.25, 0.3) is 0 Å². The average Bonchev–Trinajstić information content (AvgIpc) is 2.67. The van der Waals surface area contributed by atoms with E-state index in [0.717, 1.165) is 22.9 Å². The summed E-state index contributed by atoms with van der Waals surface area (Å²) in [5, 5.41) is 4.29. The Morgan fingerprint density at radius 3 is 2.16 bits per heavy atom. The van der Waals surface area contributed by atoms with E-state index in [9.17, 15) is 0 Å². The highest BCUT2D eigenvalue weighted by Gasteiger charge is 2.04. The first kappa shape index (κ1) is 17.5. The molecule has 2 nitrogen and oxygen atoms in total. The summed E-state index contributed by atoms with van der Waals surface area (Å²) >= 11 is 5.89. The zero-order valence-corrected chi connectivity index (χ0v) is 15.0. The summed E-state index contributed by atoms with van der Waals surface area (Å²) in [5.41, 5.74) is 3.64. The van der Waals surface area contributed by atoms with Crippen molar-refractivity contribution < 1.29 is 4.74 Å². The summed E-state index contributed by atoms with van der Waals surface area (Å²) in [6.45, 7) is 3.55. The lowest BCUT2D eigenvalue weighted by atomic mass is 10.1. The molecule has 0 aliphatic rings. The summed E-state index contributed by atoms with van der Waals surface area (Å²) in [6, 6.07) is 26.7. The molecule has 1 atom stereocenters. The number of rotatable bonds is 7. The summed E-state index contributed by atoms with van der Waals surface area (Å²) in [7, 11) is 0. The minimum absolute atomic E-state index is 0.321. The maximum atomic E-state index is 5.89. The molecule has 0 heterocycles. The highest BCUT2D eigenvalue weighted by atomic mass is 35.5. The Labute approximate surface area is 154 Å². The molecule has 0 amide bonds. The third-order valence-electron chi connectivity index (χ3n) is 4.15. The predicted molar refractivity (Wildman–Crippen MR) is 104 cm³/mol. The lowest BCUT2D eigenvalue weighted by Crippen LogP contribution is -2.17. The van der Waals surface area contributed by atoms with Crippen molar-refractivity contribution in [3.05, 3.63) is 101 Å². The van der Waals surface area contributed by atoms with Gasteiger partial charge >= 0.3 is 0 Å². The molecular formula is C22H22ClNO. The van der Waals surface area contributed by atoms with E-state index in [1.54, 1.807) is 0 Å². The van der Waals surface area contributed by atoms with Crippen LogP contribution in [0.15, 0.2) is 78.9 Å². The zero-order chi connectivity index (χ0) is 17.5. The first-order chi connectivity index (χ1) is 12.2. The van der Waals surface area contributed by atoms with Crippen LogP contribution in [0.2, 0.25) is 5.02 Å². The largest absolute Gasteiger partial charge is 0.489 e. The third kappa shape index (κ3) is 5.35. The molecule has 0 radical (unpaired) electrons. The predicted octanol–water partition coefficient (Wildman–Crippen LogP) is 5.77. The number of hydrogen-bond acceptors (Lipinski definition) is 2. The van der Waals surface area contributed by atoms with Crippen LogP contribution in [0.5, 0.6) is 5.75 Å². The second-order valence-electron chi connectivity index (χ2n) is 6.07. The van der Waals surface area contributed by atoms with E-state index < -0.39 is 0 Å². The molecule has 0 saturated carbocycles. The maximum Gasteiger partial charge on any atom is 0.119 e. The lowest BCUT2D eigenvalue weighted by molar-refractivity contribution is 0.306. The van der Waals surface area contributed by atoms with Gasteiger partial charge in [-0.1, -0.05) is 66.2 Å². The number of halogens is 1. The fourth-order valence-corrected chi connectivity index (χ4v) is 2.71. The van der Waals surface area contributed by atoms with Crippen LogP contribution in [-0.4, -0.2) is 0 Å². The van der Waals surface area contributed by atoms with Crippen molar-refractivity contribution in [1.82, 2.24) is 5.32 Å². The quantitative estimate of drug-likeness (QED) is 0.583. The van der Waals surface area contributed by atoms with E-state index >= 15 is 0 Å². The Morgan fingerprint density at radius 1 is 0.840 bits per heavy atom. The van der Waals surface area contributed by atoms with E-state index in [2.05, 4.69) is 48.6 Å². The topological polar surface area (TPSA) is 21.3 Å². The van der Waals surface area contributed by atoms with Crippen molar-refractivity contribution in [2.24, 2.45) is 0 Å². The van der Waals surface area contributed by atoms with Crippen LogP contribution in [0.3, 0.4) is 0 Å². The van der Waals surface area contributed by atoms with Crippen molar-refractivity contribution >= 4 is 11.6 Å². The Balaban J connectivity index is 1.49. The zero-order valence-electron chi connectivity index (χ0n) is 14.3. The molecule has 3 aromatic carbocycles. The molecule has 0 fully saturated rings. The van der Waals surface area contributed by atoms with E-state index in [1.165, 1.54) is 11.1 Å². The number of hydrogen-bond donors (Lipinski definition) is 1. The van der Waals surface area contributed by atoms with Crippen LogP contribution in [0, 0.1) is 0 Å². The third-order valence-corrected chi connectivity index (χ3v) is 4.41. The van der Waals surface area contributed by atoms with Crippen LogP contribution >= 0.6 is 11.6 Å². The Hall–Kier alpha value is -2.29. The van der Waals surface area contributed by atoms with Crippen molar-refractivity contribution in [3.63, 3.8) is 0 Å². The van der Waals surface area contributed by atoms with Crippen LogP contribution in [0.4, 0.5) is 0 Å². The van der Waals surface area contributed by atoms with Crippen LogP contribution in [0.1, 0.15) is 29.7 Å². The van der Waals surface area contributed by atoms with Crippen LogP contribution < -0.4 is 10.1 Å². The van der Waals surface area contributed by atoms with E-state index in [0.29, 0.717) is 12.6 Å². The molecule has 3 aromatic rings. The van der Waals surface area contributed by atoms with Gasteiger partial charge in [0.15, 0.2) is 0 Å². The van der Waals surface area contributed by atoms with Gasteiger partial charge in [-0.25, -0.2) is 0 Å². The summed E-state index contributed by atoms with van der Waals surface area (Å²) in [5.74, 6) is 0.870. The minimum atomic E-state index is 0.321. The van der Waals surface area contributed by atoms with Crippen molar-refractivity contribution in [2.45, 2.75) is 26.1 Å². The highest BCUT2D eigenvalue weighted by molar-refractivity contribution is 6.30. The van der Waals surface area contributed by atoms with Gasteiger partial charge in [-0.05, 0) is 47.9 Å². The summed E-state index contributed by atoms with van der Waals surface area (Å²) in [6.07, 6.45) is 0. The van der Waals surface area contributed by atoms with Crippen LogP contribution in [-0.2, 0) is 13.2 Å². The fourth-order valence-electron chi connectivity index (χ4n) is 2.58. The summed E-state index contributed by atoms with van der Waals surface area (Å²) in [4.78, 5) is 0. The maximum absolute atomic E-state index is 5.89. The molecule has 25 heavy (non-hydrogen) atoms. The average molecular weight is 352 g/mol. The number of benzene rings is 3. The Bertz CT molecular complexity index is 769. The first-order valence-electron chi connectivity index (χ1n) is 8.45. The van der Waals surface area contributed by atoms with Gasteiger partial charge in [0.1, 0.15) is 12.4 Å². The van der Waals surface area contributed by atoms with Gasteiger partial charge in [0.2, 0.25) is 0 Å². The molecule has 128 valence electrons. The number of nitrogens with one attached hydrogen (secondary N) is 1.